The molecule has 29 heavy (non-hydrogen) atoms. The van der Waals surface area contributed by atoms with Crippen molar-refractivity contribution in [1.29, 1.82) is 0 Å². The second kappa shape index (κ2) is 10.3. The largest absolute Gasteiger partial charge is 0.496 e. The molecule has 1 amide bonds. The molecule has 0 bridgehead atoms. The molecule has 0 aliphatic carbocycles. The van der Waals surface area contributed by atoms with Crippen LogP contribution >= 0.6 is 11.8 Å². The van der Waals surface area contributed by atoms with Gasteiger partial charge in [-0.05, 0) is 36.6 Å². The van der Waals surface area contributed by atoms with Crippen molar-refractivity contribution in [2.24, 2.45) is 10.2 Å². The van der Waals surface area contributed by atoms with E-state index in [1.807, 2.05) is 36.4 Å². The predicted octanol–water partition coefficient (Wildman–Crippen LogP) is 5.03. The lowest BCUT2D eigenvalue weighted by Crippen LogP contribution is -2.31. The molecule has 0 radical (unpaired) electrons. The number of amides is 1. The van der Waals surface area contributed by atoms with Gasteiger partial charge in [-0.15, -0.1) is 5.10 Å². The molecular weight excluding hydrogens is 382 g/mol. The quantitative estimate of drug-likeness (QED) is 0.454. The van der Waals surface area contributed by atoms with Crippen molar-refractivity contribution >= 4 is 29.1 Å². The van der Waals surface area contributed by atoms with Gasteiger partial charge in [0, 0.05) is 5.56 Å². The number of unbranched alkanes of at least 4 members (excludes halogenated alkanes) is 1. The van der Waals surface area contributed by atoms with Crippen molar-refractivity contribution in [2.75, 3.05) is 7.11 Å². The number of carbonyl (C=O) groups excluding carboxylic acids is 1. The van der Waals surface area contributed by atoms with Crippen molar-refractivity contribution < 1.29 is 9.53 Å². The molecule has 1 fully saturated rings. The number of hydrogen-bond acceptors (Lipinski definition) is 5. The molecule has 0 N–H and O–H groups in total. The van der Waals surface area contributed by atoms with E-state index >= 15 is 0 Å². The average molecular weight is 410 g/mol. The number of amidine groups is 1. The molecule has 0 spiro atoms. The highest BCUT2D eigenvalue weighted by molar-refractivity contribution is 8.15. The van der Waals surface area contributed by atoms with Gasteiger partial charge in [-0.25, -0.2) is 0 Å². The molecule has 3 rings (SSSR count). The summed E-state index contributed by atoms with van der Waals surface area (Å²) in [5.74, 6) is 0.863. The van der Waals surface area contributed by atoms with E-state index in [2.05, 4.69) is 36.2 Å². The van der Waals surface area contributed by atoms with Gasteiger partial charge < -0.3 is 4.74 Å². The molecule has 6 heteroatoms. The van der Waals surface area contributed by atoms with E-state index in [9.17, 15) is 4.79 Å². The number of rotatable bonds is 8. The molecule has 2 aromatic carbocycles. The van der Waals surface area contributed by atoms with Crippen LogP contribution in [0.2, 0.25) is 0 Å². The fraction of sp³-hybridized carbons (Fsp3) is 0.348. The Kier molecular flexibility index (Phi) is 7.47. The van der Waals surface area contributed by atoms with E-state index in [1.54, 1.807) is 18.2 Å². The van der Waals surface area contributed by atoms with Crippen LogP contribution in [-0.4, -0.2) is 34.5 Å². The van der Waals surface area contributed by atoms with Crippen molar-refractivity contribution in [3.63, 3.8) is 0 Å². The molecule has 2 aromatic rings. The number of nitrogens with zero attached hydrogens (tertiary/aromatic N) is 3. The Morgan fingerprint density at radius 1 is 1.17 bits per heavy atom. The Morgan fingerprint density at radius 3 is 2.69 bits per heavy atom. The fourth-order valence-electron chi connectivity index (χ4n) is 3.18. The fourth-order valence-corrected chi connectivity index (χ4v) is 4.32. The first-order valence-corrected chi connectivity index (χ1v) is 10.8. The standard InChI is InChI=1S/C23H27N3O2S/c1-4-5-14-21-22(27)26(16-19-12-7-6-10-17(19)2)23(29-21)25-24-15-18-11-8-9-13-20(18)28-3/h6-13,15,21H,4-5,14,16H2,1-3H3. The number of thioether (sulfide) groups is 1. The lowest BCUT2D eigenvalue weighted by atomic mass is 10.1. The molecule has 5 nitrogen and oxygen atoms in total. The van der Waals surface area contributed by atoms with Crippen molar-refractivity contribution in [1.82, 2.24) is 4.90 Å². The number of aryl methyl sites for hydroxylation is 1. The van der Waals surface area contributed by atoms with Crippen LogP contribution in [0.1, 0.15) is 42.9 Å². The molecule has 0 aromatic heterocycles. The topological polar surface area (TPSA) is 54.3 Å². The normalized spacial score (nSPS) is 18.2. The second-order valence-electron chi connectivity index (χ2n) is 6.97. The molecule has 1 atom stereocenters. The van der Waals surface area contributed by atoms with Gasteiger partial charge in [0.05, 0.1) is 25.1 Å². The maximum absolute atomic E-state index is 13.0. The van der Waals surface area contributed by atoms with Crippen LogP contribution in [0.15, 0.2) is 58.7 Å². The van der Waals surface area contributed by atoms with Crippen LogP contribution in [0.25, 0.3) is 0 Å². The number of para-hydroxylation sites is 1. The molecule has 1 aliphatic rings. The first-order chi connectivity index (χ1) is 14.1. The smallest absolute Gasteiger partial charge is 0.242 e. The highest BCUT2D eigenvalue weighted by atomic mass is 32.2. The summed E-state index contributed by atoms with van der Waals surface area (Å²) >= 11 is 1.52. The molecule has 1 heterocycles. The Balaban J connectivity index is 1.84. The van der Waals surface area contributed by atoms with Crippen LogP contribution in [0.4, 0.5) is 0 Å². The third-order valence-corrected chi connectivity index (χ3v) is 6.14. The summed E-state index contributed by atoms with van der Waals surface area (Å²) in [5.41, 5.74) is 3.14. The van der Waals surface area contributed by atoms with Gasteiger partial charge in [-0.2, -0.15) is 5.10 Å². The Labute approximate surface area is 176 Å². The predicted molar refractivity (Wildman–Crippen MR) is 121 cm³/mol. The summed E-state index contributed by atoms with van der Waals surface area (Å²) in [4.78, 5) is 14.8. The maximum atomic E-state index is 13.0. The average Bonchev–Trinajstić information content (AvgIpc) is 3.03. The van der Waals surface area contributed by atoms with E-state index in [-0.39, 0.29) is 11.2 Å². The number of benzene rings is 2. The number of hydrogen-bond donors (Lipinski definition) is 0. The molecular formula is C23H27N3O2S. The van der Waals surface area contributed by atoms with E-state index in [0.29, 0.717) is 11.7 Å². The van der Waals surface area contributed by atoms with Gasteiger partial charge in [-0.1, -0.05) is 67.9 Å². The van der Waals surface area contributed by atoms with E-state index in [4.69, 9.17) is 4.74 Å². The summed E-state index contributed by atoms with van der Waals surface area (Å²) < 4.78 is 5.35. The zero-order valence-corrected chi connectivity index (χ0v) is 18.0. The van der Waals surface area contributed by atoms with Crippen LogP contribution < -0.4 is 4.74 Å². The lowest BCUT2D eigenvalue weighted by molar-refractivity contribution is -0.126. The Morgan fingerprint density at radius 2 is 1.93 bits per heavy atom. The zero-order valence-electron chi connectivity index (χ0n) is 17.2. The van der Waals surface area contributed by atoms with Crippen molar-refractivity contribution in [3.8, 4) is 5.75 Å². The zero-order chi connectivity index (χ0) is 20.6. The minimum absolute atomic E-state index is 0.0841. The number of methoxy groups -OCH3 is 1. The summed E-state index contributed by atoms with van der Waals surface area (Å²) in [6.45, 7) is 4.72. The van der Waals surface area contributed by atoms with Gasteiger partial charge in [-0.3, -0.25) is 9.69 Å². The number of carbonyl (C=O) groups is 1. The Bertz CT molecular complexity index is 911. The third-order valence-electron chi connectivity index (χ3n) is 4.91. The number of ether oxygens (including phenoxy) is 1. The van der Waals surface area contributed by atoms with Gasteiger partial charge in [0.1, 0.15) is 5.75 Å². The van der Waals surface area contributed by atoms with E-state index in [1.165, 1.54) is 17.3 Å². The SMILES string of the molecule is CCCCC1SC(=NN=Cc2ccccc2OC)N(Cc2ccccc2C)C1=O. The molecule has 1 unspecified atom stereocenters. The van der Waals surface area contributed by atoms with Crippen molar-refractivity contribution in [3.05, 3.63) is 65.2 Å². The first kappa shape index (κ1) is 21.1. The lowest BCUT2D eigenvalue weighted by Gasteiger charge is -2.17. The first-order valence-electron chi connectivity index (χ1n) is 9.90. The van der Waals surface area contributed by atoms with Crippen LogP contribution in [0, 0.1) is 6.92 Å². The highest BCUT2D eigenvalue weighted by Crippen LogP contribution is 2.32. The van der Waals surface area contributed by atoms with Gasteiger partial charge in [0.15, 0.2) is 5.17 Å². The molecule has 152 valence electrons. The summed E-state index contributed by atoms with van der Waals surface area (Å²) in [5, 5.41) is 9.25. The molecule has 0 saturated carbocycles. The Hall–Kier alpha value is -2.60. The van der Waals surface area contributed by atoms with Crippen molar-refractivity contribution in [2.45, 2.75) is 44.9 Å². The second-order valence-corrected chi connectivity index (χ2v) is 8.14. The van der Waals surface area contributed by atoms with Gasteiger partial charge in [0.25, 0.3) is 0 Å². The van der Waals surface area contributed by atoms with E-state index in [0.717, 1.165) is 36.1 Å². The van der Waals surface area contributed by atoms with Gasteiger partial charge >= 0.3 is 0 Å². The summed E-state index contributed by atoms with van der Waals surface area (Å²) in [7, 11) is 1.63. The van der Waals surface area contributed by atoms with Crippen LogP contribution in [-0.2, 0) is 11.3 Å². The summed E-state index contributed by atoms with van der Waals surface area (Å²) in [6, 6.07) is 15.8. The molecule has 1 aliphatic heterocycles. The maximum Gasteiger partial charge on any atom is 0.242 e. The van der Waals surface area contributed by atoms with E-state index < -0.39 is 0 Å². The monoisotopic (exact) mass is 409 g/mol. The highest BCUT2D eigenvalue weighted by Gasteiger charge is 2.37. The van der Waals surface area contributed by atoms with Gasteiger partial charge in [0.2, 0.25) is 5.91 Å². The minimum Gasteiger partial charge on any atom is -0.496 e. The van der Waals surface area contributed by atoms with Crippen LogP contribution in [0.3, 0.4) is 0 Å². The summed E-state index contributed by atoms with van der Waals surface area (Å²) in [6.07, 6.45) is 4.63. The molecule has 1 saturated heterocycles. The minimum atomic E-state index is -0.0841. The van der Waals surface area contributed by atoms with Crippen LogP contribution in [0.5, 0.6) is 5.75 Å². The third kappa shape index (κ3) is 5.26.